The summed E-state index contributed by atoms with van der Waals surface area (Å²) in [5.41, 5.74) is 4.90. The molecule has 3 rings (SSSR count). The first-order valence-electron chi connectivity index (χ1n) is 6.96. The standard InChI is InChI=1S/C17H18ClNO/c18-15-5-6-16-14(9-15)4-7-17(16)19-10-12-2-1-3-13(8-12)11-20/h1-3,5-6,8-9,17,19-20H,4,7,10-11H2. The molecule has 0 radical (unpaired) electrons. The van der Waals surface area contributed by atoms with Crippen molar-refractivity contribution in [1.82, 2.24) is 5.32 Å². The molecule has 0 heterocycles. The molecule has 1 unspecified atom stereocenters. The van der Waals surface area contributed by atoms with Crippen LogP contribution in [0.25, 0.3) is 0 Å². The van der Waals surface area contributed by atoms with Gasteiger partial charge in [0, 0.05) is 17.6 Å². The van der Waals surface area contributed by atoms with Crippen LogP contribution in [-0.4, -0.2) is 5.11 Å². The zero-order valence-corrected chi connectivity index (χ0v) is 12.0. The minimum absolute atomic E-state index is 0.0958. The van der Waals surface area contributed by atoms with Crippen LogP contribution in [0, 0.1) is 0 Å². The maximum absolute atomic E-state index is 9.17. The number of nitrogens with one attached hydrogen (secondary N) is 1. The van der Waals surface area contributed by atoms with Crippen molar-refractivity contribution in [2.75, 3.05) is 0 Å². The third-order valence-corrected chi connectivity index (χ3v) is 4.14. The van der Waals surface area contributed by atoms with Gasteiger partial charge in [0.15, 0.2) is 0 Å². The Morgan fingerprint density at radius 3 is 2.85 bits per heavy atom. The van der Waals surface area contributed by atoms with Crippen LogP contribution in [0.3, 0.4) is 0 Å². The van der Waals surface area contributed by atoms with Crippen molar-refractivity contribution in [3.63, 3.8) is 0 Å². The van der Waals surface area contributed by atoms with Gasteiger partial charge in [0.25, 0.3) is 0 Å². The van der Waals surface area contributed by atoms with Gasteiger partial charge in [-0.15, -0.1) is 0 Å². The maximum Gasteiger partial charge on any atom is 0.0681 e. The van der Waals surface area contributed by atoms with Crippen molar-refractivity contribution in [3.05, 3.63) is 69.7 Å². The maximum atomic E-state index is 9.17. The highest BCUT2D eigenvalue weighted by Crippen LogP contribution is 2.33. The quantitative estimate of drug-likeness (QED) is 0.900. The molecule has 2 aromatic rings. The number of rotatable bonds is 4. The third-order valence-electron chi connectivity index (χ3n) is 3.91. The van der Waals surface area contributed by atoms with Crippen molar-refractivity contribution >= 4 is 11.6 Å². The number of aliphatic hydroxyl groups excluding tert-OH is 1. The lowest BCUT2D eigenvalue weighted by Gasteiger charge is -2.14. The predicted octanol–water partition coefficient (Wildman–Crippen LogP) is 3.61. The molecule has 104 valence electrons. The molecule has 0 saturated carbocycles. The highest BCUT2D eigenvalue weighted by Gasteiger charge is 2.21. The molecule has 0 amide bonds. The Morgan fingerprint density at radius 1 is 1.15 bits per heavy atom. The van der Waals surface area contributed by atoms with Gasteiger partial charge in [0.1, 0.15) is 0 Å². The van der Waals surface area contributed by atoms with E-state index in [4.69, 9.17) is 16.7 Å². The molecule has 20 heavy (non-hydrogen) atoms. The Labute approximate surface area is 124 Å². The summed E-state index contributed by atoms with van der Waals surface area (Å²) in [6, 6.07) is 14.6. The molecule has 0 saturated heterocycles. The van der Waals surface area contributed by atoms with Crippen LogP contribution >= 0.6 is 11.6 Å². The second kappa shape index (κ2) is 5.96. The lowest BCUT2D eigenvalue weighted by Crippen LogP contribution is -2.18. The summed E-state index contributed by atoms with van der Waals surface area (Å²) in [6.07, 6.45) is 2.21. The van der Waals surface area contributed by atoms with E-state index < -0.39 is 0 Å². The van der Waals surface area contributed by atoms with E-state index in [-0.39, 0.29) is 6.61 Å². The highest BCUT2D eigenvalue weighted by molar-refractivity contribution is 6.30. The topological polar surface area (TPSA) is 32.3 Å². The molecule has 0 fully saturated rings. The van der Waals surface area contributed by atoms with Gasteiger partial charge in [-0.25, -0.2) is 0 Å². The van der Waals surface area contributed by atoms with Gasteiger partial charge < -0.3 is 10.4 Å². The fourth-order valence-electron chi connectivity index (χ4n) is 2.88. The normalized spacial score (nSPS) is 17.2. The lowest BCUT2D eigenvalue weighted by molar-refractivity contribution is 0.281. The average Bonchev–Trinajstić information content (AvgIpc) is 2.87. The third kappa shape index (κ3) is 2.88. The summed E-state index contributed by atoms with van der Waals surface area (Å²) in [6.45, 7) is 0.916. The van der Waals surface area contributed by atoms with Gasteiger partial charge in [-0.1, -0.05) is 41.9 Å². The molecule has 3 heteroatoms. The fraction of sp³-hybridized carbons (Fsp3) is 0.294. The molecule has 1 atom stereocenters. The van der Waals surface area contributed by atoms with Gasteiger partial charge in [-0.3, -0.25) is 0 Å². The Morgan fingerprint density at radius 2 is 2.00 bits per heavy atom. The summed E-state index contributed by atoms with van der Waals surface area (Å²) < 4.78 is 0. The molecule has 0 spiro atoms. The number of benzene rings is 2. The van der Waals surface area contributed by atoms with Crippen LogP contribution in [0.15, 0.2) is 42.5 Å². The van der Waals surface area contributed by atoms with Crippen LogP contribution in [-0.2, 0) is 19.6 Å². The van der Waals surface area contributed by atoms with Crippen LogP contribution in [0.4, 0.5) is 0 Å². The van der Waals surface area contributed by atoms with Gasteiger partial charge in [0.2, 0.25) is 0 Å². The zero-order valence-electron chi connectivity index (χ0n) is 11.3. The van der Waals surface area contributed by atoms with Gasteiger partial charge in [0.05, 0.1) is 6.61 Å². The van der Waals surface area contributed by atoms with E-state index in [2.05, 4.69) is 23.5 Å². The average molecular weight is 288 g/mol. The van der Waals surface area contributed by atoms with Gasteiger partial charge in [-0.05, 0) is 47.2 Å². The number of halogens is 1. The molecule has 0 bridgehead atoms. The number of aliphatic hydroxyl groups is 1. The van der Waals surface area contributed by atoms with Crippen molar-refractivity contribution in [2.24, 2.45) is 0 Å². The molecule has 1 aliphatic carbocycles. The van der Waals surface area contributed by atoms with E-state index >= 15 is 0 Å². The van der Waals surface area contributed by atoms with E-state index in [0.717, 1.165) is 30.0 Å². The van der Waals surface area contributed by atoms with Crippen molar-refractivity contribution < 1.29 is 5.11 Å². The van der Waals surface area contributed by atoms with Crippen LogP contribution in [0.5, 0.6) is 0 Å². The monoisotopic (exact) mass is 287 g/mol. The molecule has 2 aromatic carbocycles. The van der Waals surface area contributed by atoms with Crippen molar-refractivity contribution in [2.45, 2.75) is 32.0 Å². The first-order chi connectivity index (χ1) is 9.76. The summed E-state index contributed by atoms with van der Waals surface area (Å²) in [5, 5.41) is 13.6. The number of hydrogen-bond donors (Lipinski definition) is 2. The van der Waals surface area contributed by atoms with E-state index in [9.17, 15) is 0 Å². The van der Waals surface area contributed by atoms with E-state index in [0.29, 0.717) is 6.04 Å². The number of aryl methyl sites for hydroxylation is 1. The van der Waals surface area contributed by atoms with Crippen molar-refractivity contribution in [3.8, 4) is 0 Å². The molecule has 2 N–H and O–H groups in total. The first-order valence-corrected chi connectivity index (χ1v) is 7.34. The van der Waals surface area contributed by atoms with E-state index in [1.165, 1.54) is 16.7 Å². The largest absolute Gasteiger partial charge is 0.392 e. The second-order valence-electron chi connectivity index (χ2n) is 5.29. The molecular formula is C17H18ClNO. The smallest absolute Gasteiger partial charge is 0.0681 e. The van der Waals surface area contributed by atoms with Gasteiger partial charge in [-0.2, -0.15) is 0 Å². The van der Waals surface area contributed by atoms with Gasteiger partial charge >= 0.3 is 0 Å². The zero-order chi connectivity index (χ0) is 13.9. The second-order valence-corrected chi connectivity index (χ2v) is 5.73. The fourth-order valence-corrected chi connectivity index (χ4v) is 3.07. The van der Waals surface area contributed by atoms with Crippen molar-refractivity contribution in [1.29, 1.82) is 0 Å². The summed E-state index contributed by atoms with van der Waals surface area (Å²) in [5.74, 6) is 0. The molecule has 2 nitrogen and oxygen atoms in total. The number of fused-ring (bicyclic) bond motifs is 1. The Kier molecular flexibility index (Phi) is 4.06. The van der Waals surface area contributed by atoms with E-state index in [1.807, 2.05) is 24.3 Å². The van der Waals surface area contributed by atoms with Crippen LogP contribution in [0.2, 0.25) is 5.02 Å². The Hall–Kier alpha value is -1.35. The predicted molar refractivity (Wildman–Crippen MR) is 81.7 cm³/mol. The van der Waals surface area contributed by atoms with Crippen LogP contribution in [0.1, 0.15) is 34.7 Å². The SMILES string of the molecule is OCc1cccc(CNC2CCc3cc(Cl)ccc32)c1. The molecular weight excluding hydrogens is 270 g/mol. The summed E-state index contributed by atoms with van der Waals surface area (Å²) in [7, 11) is 0. The van der Waals surface area contributed by atoms with Crippen LogP contribution < -0.4 is 5.32 Å². The lowest BCUT2D eigenvalue weighted by atomic mass is 10.1. The Bertz CT molecular complexity index is 612. The summed E-state index contributed by atoms with van der Waals surface area (Å²) in [4.78, 5) is 0. The molecule has 0 aromatic heterocycles. The number of hydrogen-bond acceptors (Lipinski definition) is 2. The molecule has 1 aliphatic rings. The summed E-state index contributed by atoms with van der Waals surface area (Å²) >= 11 is 6.03. The first kappa shape index (κ1) is 13.6. The minimum Gasteiger partial charge on any atom is -0.392 e. The minimum atomic E-state index is 0.0958. The van der Waals surface area contributed by atoms with E-state index in [1.54, 1.807) is 0 Å². The Balaban J connectivity index is 1.68. The highest BCUT2D eigenvalue weighted by atomic mass is 35.5. The molecule has 0 aliphatic heterocycles.